The largest absolute Gasteiger partial charge is 0.326 e. The van der Waals surface area contributed by atoms with Crippen LogP contribution in [0.3, 0.4) is 0 Å². The lowest BCUT2D eigenvalue weighted by atomic mass is 10.1. The van der Waals surface area contributed by atoms with Crippen LogP contribution in [0.25, 0.3) is 0 Å². The molecule has 0 unspecified atom stereocenters. The molecular weight excluding hydrogens is 308 g/mol. The lowest BCUT2D eigenvalue weighted by Crippen LogP contribution is -2.14. The molecule has 120 valence electrons. The van der Waals surface area contributed by atoms with E-state index in [0.29, 0.717) is 17.1 Å². The Labute approximate surface area is 140 Å². The Hall–Kier alpha value is -2.27. The van der Waals surface area contributed by atoms with Gasteiger partial charge in [-0.25, -0.2) is 0 Å². The van der Waals surface area contributed by atoms with Gasteiger partial charge in [-0.05, 0) is 55.3 Å². The molecule has 0 atom stereocenters. The van der Waals surface area contributed by atoms with Crippen molar-refractivity contribution in [1.29, 1.82) is 0 Å². The monoisotopic (exact) mass is 328 g/mol. The van der Waals surface area contributed by atoms with Crippen LogP contribution >= 0.6 is 11.8 Å². The lowest BCUT2D eigenvalue weighted by Gasteiger charge is -2.08. The van der Waals surface area contributed by atoms with Gasteiger partial charge in [-0.15, -0.1) is 11.8 Å². The highest BCUT2D eigenvalue weighted by atomic mass is 32.2. The van der Waals surface area contributed by atoms with Gasteiger partial charge in [0.2, 0.25) is 11.8 Å². The Balaban J connectivity index is 1.91. The SMILES string of the molecule is CC(=O)Nc1cccc(NC(=O)CSc2ccc(C)c(C)c2)c1. The van der Waals surface area contributed by atoms with Gasteiger partial charge >= 0.3 is 0 Å². The van der Waals surface area contributed by atoms with Gasteiger partial charge in [0.1, 0.15) is 0 Å². The Morgan fingerprint density at radius 3 is 2.30 bits per heavy atom. The minimum atomic E-state index is -0.140. The molecule has 4 nitrogen and oxygen atoms in total. The average molecular weight is 328 g/mol. The standard InChI is InChI=1S/C18H20N2O2S/c1-12-7-8-17(9-13(12)2)23-11-18(22)20-16-6-4-5-15(10-16)19-14(3)21/h4-10H,11H2,1-3H3,(H,19,21)(H,20,22). The number of hydrogen-bond donors (Lipinski definition) is 2. The topological polar surface area (TPSA) is 58.2 Å². The van der Waals surface area contributed by atoms with Gasteiger partial charge in [0, 0.05) is 23.2 Å². The molecule has 2 aromatic rings. The van der Waals surface area contributed by atoms with Crippen LogP contribution in [0.5, 0.6) is 0 Å². The van der Waals surface area contributed by atoms with Gasteiger partial charge in [-0.2, -0.15) is 0 Å². The van der Waals surface area contributed by atoms with Crippen molar-refractivity contribution < 1.29 is 9.59 Å². The second-order valence-electron chi connectivity index (χ2n) is 5.34. The van der Waals surface area contributed by atoms with E-state index in [0.717, 1.165) is 4.90 Å². The molecule has 0 aromatic heterocycles. The van der Waals surface area contributed by atoms with Crippen molar-refractivity contribution in [3.8, 4) is 0 Å². The van der Waals surface area contributed by atoms with Gasteiger partial charge in [0.25, 0.3) is 0 Å². The highest BCUT2D eigenvalue weighted by molar-refractivity contribution is 8.00. The number of rotatable bonds is 5. The first-order valence-corrected chi connectivity index (χ1v) is 8.30. The van der Waals surface area contributed by atoms with Gasteiger partial charge in [0.05, 0.1) is 5.75 Å². The van der Waals surface area contributed by atoms with Gasteiger partial charge in [0.15, 0.2) is 0 Å². The van der Waals surface area contributed by atoms with Crippen molar-refractivity contribution >= 4 is 35.0 Å². The molecule has 5 heteroatoms. The van der Waals surface area contributed by atoms with Crippen LogP contribution in [0.2, 0.25) is 0 Å². The van der Waals surface area contributed by atoms with Crippen molar-refractivity contribution in [2.24, 2.45) is 0 Å². The maximum absolute atomic E-state index is 12.1. The van der Waals surface area contributed by atoms with Crippen molar-refractivity contribution in [3.05, 3.63) is 53.6 Å². The summed E-state index contributed by atoms with van der Waals surface area (Å²) in [4.78, 5) is 24.2. The molecule has 2 N–H and O–H groups in total. The first-order valence-electron chi connectivity index (χ1n) is 7.31. The van der Waals surface area contributed by atoms with E-state index in [1.54, 1.807) is 24.3 Å². The summed E-state index contributed by atoms with van der Waals surface area (Å²) in [5.41, 5.74) is 3.80. The van der Waals surface area contributed by atoms with Crippen LogP contribution < -0.4 is 10.6 Å². The minimum absolute atomic E-state index is 0.0757. The number of carbonyl (C=O) groups excluding carboxylic acids is 2. The zero-order valence-electron chi connectivity index (χ0n) is 13.5. The van der Waals surface area contributed by atoms with E-state index >= 15 is 0 Å². The van der Waals surface area contributed by atoms with Crippen molar-refractivity contribution in [3.63, 3.8) is 0 Å². The second-order valence-corrected chi connectivity index (χ2v) is 6.39. The zero-order valence-corrected chi connectivity index (χ0v) is 14.3. The fraction of sp³-hybridized carbons (Fsp3) is 0.222. The predicted molar refractivity (Wildman–Crippen MR) is 96.0 cm³/mol. The number of nitrogens with one attached hydrogen (secondary N) is 2. The smallest absolute Gasteiger partial charge is 0.234 e. The molecule has 0 saturated heterocycles. The second kappa shape index (κ2) is 7.83. The van der Waals surface area contributed by atoms with Crippen LogP contribution in [-0.4, -0.2) is 17.6 Å². The first kappa shape index (κ1) is 17.1. The molecule has 0 bridgehead atoms. The molecule has 0 spiro atoms. The molecule has 0 aliphatic rings. The lowest BCUT2D eigenvalue weighted by molar-refractivity contribution is -0.114. The molecule has 2 rings (SSSR count). The van der Waals surface area contributed by atoms with Crippen molar-refractivity contribution in [1.82, 2.24) is 0 Å². The van der Waals surface area contributed by atoms with Gasteiger partial charge < -0.3 is 10.6 Å². The molecule has 0 aliphatic heterocycles. The Kier molecular flexibility index (Phi) is 5.82. The van der Waals surface area contributed by atoms with Gasteiger partial charge in [-0.3, -0.25) is 9.59 Å². The van der Waals surface area contributed by atoms with E-state index in [-0.39, 0.29) is 11.8 Å². The summed E-state index contributed by atoms with van der Waals surface area (Å²) in [7, 11) is 0. The Morgan fingerprint density at radius 2 is 1.65 bits per heavy atom. The highest BCUT2D eigenvalue weighted by Gasteiger charge is 2.05. The fourth-order valence-electron chi connectivity index (χ4n) is 2.03. The summed E-state index contributed by atoms with van der Waals surface area (Å²) in [5.74, 6) is 0.124. The van der Waals surface area contributed by atoms with E-state index in [1.165, 1.54) is 29.8 Å². The van der Waals surface area contributed by atoms with Gasteiger partial charge in [-0.1, -0.05) is 12.1 Å². The van der Waals surface area contributed by atoms with E-state index in [1.807, 2.05) is 6.07 Å². The minimum Gasteiger partial charge on any atom is -0.326 e. The van der Waals surface area contributed by atoms with E-state index in [4.69, 9.17) is 0 Å². The summed E-state index contributed by atoms with van der Waals surface area (Å²) in [6.45, 7) is 5.58. The van der Waals surface area contributed by atoms with E-state index in [9.17, 15) is 9.59 Å². The molecule has 23 heavy (non-hydrogen) atoms. The number of amides is 2. The molecule has 0 saturated carbocycles. The Bertz CT molecular complexity index is 729. The normalized spacial score (nSPS) is 10.2. The first-order chi connectivity index (χ1) is 10.9. The third kappa shape index (κ3) is 5.45. The van der Waals surface area contributed by atoms with E-state index < -0.39 is 0 Å². The number of thioether (sulfide) groups is 1. The third-order valence-corrected chi connectivity index (χ3v) is 4.31. The van der Waals surface area contributed by atoms with Crippen LogP contribution in [0.1, 0.15) is 18.1 Å². The molecule has 0 fully saturated rings. The van der Waals surface area contributed by atoms with Crippen molar-refractivity contribution in [2.45, 2.75) is 25.7 Å². The number of anilines is 2. The van der Waals surface area contributed by atoms with Crippen LogP contribution in [0.15, 0.2) is 47.4 Å². The van der Waals surface area contributed by atoms with Crippen LogP contribution in [-0.2, 0) is 9.59 Å². The molecular formula is C18H20N2O2S. The maximum atomic E-state index is 12.1. The maximum Gasteiger partial charge on any atom is 0.234 e. The molecule has 2 amide bonds. The molecule has 0 aliphatic carbocycles. The number of hydrogen-bond acceptors (Lipinski definition) is 3. The Morgan fingerprint density at radius 1 is 0.957 bits per heavy atom. The number of aryl methyl sites for hydroxylation is 2. The predicted octanol–water partition coefficient (Wildman–Crippen LogP) is 3.99. The molecule has 0 heterocycles. The summed E-state index contributed by atoms with van der Waals surface area (Å²) in [6.07, 6.45) is 0. The van der Waals surface area contributed by atoms with Crippen molar-refractivity contribution in [2.75, 3.05) is 16.4 Å². The molecule has 2 aromatic carbocycles. The summed E-state index contributed by atoms with van der Waals surface area (Å²) in [6, 6.07) is 13.3. The average Bonchev–Trinajstić information content (AvgIpc) is 2.48. The quantitative estimate of drug-likeness (QED) is 0.816. The van der Waals surface area contributed by atoms with Crippen LogP contribution in [0.4, 0.5) is 11.4 Å². The summed E-state index contributed by atoms with van der Waals surface area (Å²) in [5, 5.41) is 5.53. The zero-order chi connectivity index (χ0) is 16.8. The fourth-order valence-corrected chi connectivity index (χ4v) is 2.82. The summed E-state index contributed by atoms with van der Waals surface area (Å²) < 4.78 is 0. The number of carbonyl (C=O) groups is 2. The van der Waals surface area contributed by atoms with Crippen LogP contribution in [0, 0.1) is 13.8 Å². The third-order valence-electron chi connectivity index (χ3n) is 3.31. The van der Waals surface area contributed by atoms with E-state index in [2.05, 4.69) is 36.6 Å². The number of benzene rings is 2. The summed E-state index contributed by atoms with van der Waals surface area (Å²) >= 11 is 1.50. The molecule has 0 radical (unpaired) electrons. The highest BCUT2D eigenvalue weighted by Crippen LogP contribution is 2.21.